The fourth-order valence-corrected chi connectivity index (χ4v) is 8.21. The maximum atomic E-state index is 10.8. The van der Waals surface area contributed by atoms with E-state index in [0.717, 1.165) is 72.0 Å². The van der Waals surface area contributed by atoms with Crippen molar-refractivity contribution in [3.8, 4) is 0 Å². The summed E-state index contributed by atoms with van der Waals surface area (Å²) in [5.41, 5.74) is 2.63. The van der Waals surface area contributed by atoms with E-state index in [1.807, 2.05) is 19.1 Å². The number of nitrogens with one attached hydrogen (secondary N) is 4. The minimum atomic E-state index is -2.24. The maximum Gasteiger partial charge on any atom is 0.515 e. The maximum absolute atomic E-state index is 10.8. The van der Waals surface area contributed by atoms with Gasteiger partial charge >= 0.3 is 49.7 Å². The third kappa shape index (κ3) is 47.9. The lowest BCUT2D eigenvalue weighted by Crippen LogP contribution is -2.53. The molecule has 4 amide bonds. The minimum Gasteiger partial charge on any atom is -0.382 e. The van der Waals surface area contributed by atoms with Crippen LogP contribution in [0.2, 0.25) is 0 Å². The van der Waals surface area contributed by atoms with Gasteiger partial charge in [-0.25, -0.2) is 9.59 Å². The topological polar surface area (TPSA) is 207 Å². The van der Waals surface area contributed by atoms with E-state index in [-0.39, 0.29) is 6.04 Å². The molecule has 2 aromatic carbocycles. The van der Waals surface area contributed by atoms with E-state index in [4.69, 9.17) is 186 Å². The minimum absolute atomic E-state index is 0.0681. The Labute approximate surface area is 572 Å². The van der Waals surface area contributed by atoms with Crippen LogP contribution in [0.15, 0.2) is 60.7 Å². The first-order valence-electron chi connectivity index (χ1n) is 25.3. The Morgan fingerprint density at radius 3 is 0.952 bits per heavy atom. The van der Waals surface area contributed by atoms with Crippen LogP contribution >= 0.6 is 186 Å². The number of alkyl halides is 12. The summed E-state index contributed by atoms with van der Waals surface area (Å²) in [6, 6.07) is 21.6. The summed E-state index contributed by atoms with van der Waals surface area (Å²) in [5.74, 6) is 0. The van der Waals surface area contributed by atoms with Crippen molar-refractivity contribution in [3.63, 3.8) is 0 Å². The van der Waals surface area contributed by atoms with Gasteiger partial charge in [0.05, 0.1) is 0 Å². The quantitative estimate of drug-likeness (QED) is 0.0918. The number of anilines is 2. The Morgan fingerprint density at radius 2 is 0.750 bits per heavy atom. The van der Waals surface area contributed by atoms with Crippen molar-refractivity contribution in [2.45, 2.75) is 69.5 Å². The molecule has 84 heavy (non-hydrogen) atoms. The number of benzene rings is 2. The van der Waals surface area contributed by atoms with Gasteiger partial charge in [-0.15, -0.1) is 0 Å². The van der Waals surface area contributed by atoms with Crippen molar-refractivity contribution in [1.29, 1.82) is 0 Å². The zero-order valence-electron chi connectivity index (χ0n) is 46.5. The third-order valence-electron chi connectivity index (χ3n) is 10.6. The fraction of sp³-hybridized carbons (Fsp3) is 0.625. The fourth-order valence-electron chi connectivity index (χ4n) is 6.71. The molecule has 6 rings (SSSR count). The van der Waals surface area contributed by atoms with Crippen molar-refractivity contribution >= 4 is 231 Å². The Balaban J connectivity index is 0. The largest absolute Gasteiger partial charge is 0.515 e. The van der Waals surface area contributed by atoms with E-state index in [9.17, 15) is 28.8 Å². The van der Waals surface area contributed by atoms with Gasteiger partial charge in [0.25, 0.3) is 0 Å². The van der Waals surface area contributed by atoms with Gasteiger partial charge in [0.2, 0.25) is 0 Å². The summed E-state index contributed by atoms with van der Waals surface area (Å²) in [5, 5.41) is 11.1. The molecular formula is C48H70Cl16N10O10. The van der Waals surface area contributed by atoms with E-state index in [1.165, 1.54) is 31.0 Å². The van der Waals surface area contributed by atoms with Gasteiger partial charge in [-0.2, -0.15) is 0 Å². The highest BCUT2D eigenvalue weighted by Crippen LogP contribution is 2.33. The average molecular weight is 1510 g/mol. The molecule has 4 aliphatic rings. The van der Waals surface area contributed by atoms with Crippen LogP contribution in [-0.2, 0) is 18.9 Å². The monoisotopic (exact) mass is 1510 g/mol. The van der Waals surface area contributed by atoms with Crippen LogP contribution in [0.5, 0.6) is 0 Å². The third-order valence-corrected chi connectivity index (χ3v) is 12.5. The number of rotatable bonds is 6. The first kappa shape index (κ1) is 85.0. The highest BCUT2D eigenvalue weighted by atomic mass is 35.6. The number of carbonyl (C=O) groups excluding carboxylic acids is 6. The van der Waals surface area contributed by atoms with Crippen molar-refractivity contribution in [1.82, 2.24) is 40.9 Å². The lowest BCUT2D eigenvalue weighted by Gasteiger charge is -2.37. The number of ether oxygens (including phenoxy) is 4. The van der Waals surface area contributed by atoms with Crippen molar-refractivity contribution in [2.24, 2.45) is 0 Å². The molecule has 4 aliphatic heterocycles. The molecule has 0 bridgehead atoms. The van der Waals surface area contributed by atoms with Gasteiger partial charge in [-0.3, -0.25) is 19.2 Å². The molecule has 4 heterocycles. The zero-order chi connectivity index (χ0) is 64.7. The van der Waals surface area contributed by atoms with Crippen LogP contribution in [0.3, 0.4) is 0 Å². The van der Waals surface area contributed by atoms with Crippen molar-refractivity contribution < 1.29 is 47.7 Å². The molecule has 0 spiro atoms. The van der Waals surface area contributed by atoms with Crippen LogP contribution in [0, 0.1) is 0 Å². The lowest BCUT2D eigenvalue weighted by atomic mass is 10.2. The van der Waals surface area contributed by atoms with Gasteiger partial charge in [-0.1, -0.05) is 36.4 Å². The summed E-state index contributed by atoms with van der Waals surface area (Å²) in [7, 11) is 0. The number of para-hydroxylation sites is 2. The summed E-state index contributed by atoms with van der Waals surface area (Å²) in [6.07, 6.45) is -2.81. The van der Waals surface area contributed by atoms with E-state index >= 15 is 0 Å². The second-order valence-electron chi connectivity index (χ2n) is 16.7. The molecule has 0 aliphatic carbocycles. The summed E-state index contributed by atoms with van der Waals surface area (Å²) in [6.45, 7) is 28.2. The lowest BCUT2D eigenvalue weighted by molar-refractivity contribution is 0.0497. The highest BCUT2D eigenvalue weighted by Gasteiger charge is 2.34. The Bertz CT molecular complexity index is 1960. The van der Waals surface area contributed by atoms with Crippen molar-refractivity contribution in [3.05, 3.63) is 60.7 Å². The second kappa shape index (κ2) is 46.9. The van der Waals surface area contributed by atoms with Crippen LogP contribution < -0.4 is 31.1 Å². The smallest absolute Gasteiger partial charge is 0.382 e. The number of hydrogen-bond donors (Lipinski definition) is 4. The number of piperazine rings is 4. The molecule has 484 valence electrons. The van der Waals surface area contributed by atoms with Gasteiger partial charge in [0.15, 0.2) is 0 Å². The SMILES string of the molecule is C1CNCCN1.CC1CN(C(=O)Cl)CCN1C(=O)Cl.CC1CNCCN1.CCN(CC)c1ccccc1.CCN(CC)c1ccccc1.O=C(Cl)N1CCN(C(=O)Cl)CC1.O=C(OC(Cl)(Cl)Cl)OC(Cl)(Cl)Cl.O=C(OC(Cl)(Cl)Cl)OC(Cl)(Cl)Cl. The Morgan fingerprint density at radius 1 is 0.452 bits per heavy atom. The Kier molecular flexibility index (Phi) is 47.5. The number of hydrogen-bond acceptors (Lipinski definition) is 16. The first-order valence-corrected chi connectivity index (χ1v) is 31.4. The van der Waals surface area contributed by atoms with Gasteiger partial charge in [0, 0.05) is 141 Å². The number of carbonyl (C=O) groups is 6. The van der Waals surface area contributed by atoms with Crippen LogP contribution in [0.25, 0.3) is 0 Å². The summed E-state index contributed by atoms with van der Waals surface area (Å²) >= 11 is 81.5. The molecule has 36 heteroatoms. The molecule has 4 N–H and O–H groups in total. The summed E-state index contributed by atoms with van der Waals surface area (Å²) < 4.78 is 7.01. The first-order chi connectivity index (χ1) is 39.0. The highest BCUT2D eigenvalue weighted by molar-refractivity contribution is 6.68. The molecule has 20 nitrogen and oxygen atoms in total. The molecule has 4 fully saturated rings. The molecule has 2 aromatic rings. The number of nitrogens with zero attached hydrogens (tertiary/aromatic N) is 6. The predicted molar refractivity (Wildman–Crippen MR) is 348 cm³/mol. The van der Waals surface area contributed by atoms with Crippen molar-refractivity contribution in [2.75, 3.05) is 128 Å². The van der Waals surface area contributed by atoms with Gasteiger partial charge < -0.3 is 69.6 Å². The van der Waals surface area contributed by atoms with Crippen LogP contribution in [-0.4, -0.2) is 199 Å². The van der Waals surface area contributed by atoms with Gasteiger partial charge in [-0.05, 0) is 251 Å². The molecule has 2 unspecified atom stereocenters. The predicted octanol–water partition coefficient (Wildman–Crippen LogP) is 14.4. The molecular weight excluding hydrogens is 1440 g/mol. The number of halogens is 16. The standard InChI is InChI=1S/2C10H15N.C7H10Cl2N2O2.C6H8Cl2N2O2.C5H12N2.C4H10N2.2C3Cl6O3/c2*1-3-11(4-2)10-8-6-5-7-9-10;1-5-4-10(6(8)12)2-3-11(5)7(9)13;7-5(11)9-1-2-10(4-3-9)6(8)12;1-5-4-6-2-3-7-5;1-2-6-4-3-5-1;2*4-2(5,6)11-1(10)12-3(7,8)9/h2*5-9H,3-4H2,1-2H3;5H,2-4H2,1H3;1-4H2;5-7H,2-4H2,1H3;5-6H,1-4H2;;. The molecule has 2 atom stereocenters. The van der Waals surface area contributed by atoms with E-state index < -0.39 is 49.7 Å². The Hall–Kier alpha value is -1.06. The van der Waals surface area contributed by atoms with E-state index in [1.54, 1.807) is 0 Å². The normalized spacial score (nSPS) is 16.7. The molecule has 0 saturated carbocycles. The van der Waals surface area contributed by atoms with Gasteiger partial charge in [0.1, 0.15) is 0 Å². The molecule has 0 aromatic heterocycles. The summed E-state index contributed by atoms with van der Waals surface area (Å²) in [4.78, 5) is 74.5. The van der Waals surface area contributed by atoms with Crippen LogP contribution in [0.4, 0.5) is 40.1 Å². The second-order valence-corrected chi connectivity index (χ2v) is 26.7. The zero-order valence-corrected chi connectivity index (χ0v) is 58.6. The molecule has 0 radical (unpaired) electrons. The van der Waals surface area contributed by atoms with Crippen LogP contribution in [0.1, 0.15) is 41.5 Å². The number of amides is 4. The molecule has 4 saturated heterocycles. The van der Waals surface area contributed by atoms with E-state index in [0.29, 0.717) is 51.9 Å². The van der Waals surface area contributed by atoms with E-state index in [2.05, 4.69) is 133 Å². The average Bonchev–Trinajstić information content (AvgIpc) is 3.55.